The van der Waals surface area contributed by atoms with Crippen LogP contribution < -0.4 is 20.1 Å². The number of nitrogen functional groups attached to an aromatic ring is 1. The largest absolute Gasteiger partial charge is 0.493 e. The van der Waals surface area contributed by atoms with Crippen molar-refractivity contribution in [2.75, 3.05) is 51.0 Å². The summed E-state index contributed by atoms with van der Waals surface area (Å²) < 4.78 is 25.5. The molecule has 34 heavy (non-hydrogen) atoms. The summed E-state index contributed by atoms with van der Waals surface area (Å²) in [5.74, 6) is 2.63. The van der Waals surface area contributed by atoms with Crippen molar-refractivity contribution in [1.29, 1.82) is 0 Å². The average Bonchev–Trinajstić information content (AvgIpc) is 3.26. The molecular formula is C25H34FN5O3. The number of fused-ring (bicyclic) bond motifs is 2. The first kappa shape index (κ1) is 22.9. The zero-order valence-corrected chi connectivity index (χ0v) is 20.1. The second kappa shape index (κ2) is 9.43. The van der Waals surface area contributed by atoms with Crippen LogP contribution in [0.4, 0.5) is 16.2 Å². The maximum Gasteiger partial charge on any atom is 0.228 e. The Bertz CT molecular complexity index is 1060. The summed E-state index contributed by atoms with van der Waals surface area (Å²) in [7, 11) is 2.82. The van der Waals surface area contributed by atoms with Crippen molar-refractivity contribution in [2.24, 2.45) is 17.8 Å². The van der Waals surface area contributed by atoms with Gasteiger partial charge in [0, 0.05) is 38.0 Å². The highest BCUT2D eigenvalue weighted by Crippen LogP contribution is 2.46. The van der Waals surface area contributed by atoms with Gasteiger partial charge in [0.1, 0.15) is 11.3 Å². The van der Waals surface area contributed by atoms with Gasteiger partial charge in [0.15, 0.2) is 17.3 Å². The van der Waals surface area contributed by atoms with Crippen molar-refractivity contribution >= 4 is 28.6 Å². The Hall–Kier alpha value is -2.84. The number of carbonyl (C=O) groups is 1. The summed E-state index contributed by atoms with van der Waals surface area (Å²) >= 11 is 0. The minimum Gasteiger partial charge on any atom is -0.493 e. The van der Waals surface area contributed by atoms with Crippen LogP contribution in [0.25, 0.3) is 10.9 Å². The number of anilines is 2. The quantitative estimate of drug-likeness (QED) is 0.712. The molecule has 8 nitrogen and oxygen atoms in total. The van der Waals surface area contributed by atoms with Gasteiger partial charge >= 0.3 is 0 Å². The van der Waals surface area contributed by atoms with Crippen LogP contribution in [0.1, 0.15) is 44.9 Å². The van der Waals surface area contributed by atoms with Gasteiger partial charge in [-0.25, -0.2) is 9.37 Å². The predicted octanol–water partition coefficient (Wildman–Crippen LogP) is 3.62. The molecular weight excluding hydrogens is 437 g/mol. The number of hydrogen-bond acceptors (Lipinski definition) is 7. The van der Waals surface area contributed by atoms with Crippen LogP contribution in [0.15, 0.2) is 6.07 Å². The highest BCUT2D eigenvalue weighted by atomic mass is 19.1. The Morgan fingerprint density at radius 3 is 2.38 bits per heavy atom. The number of methoxy groups -OCH3 is 2. The molecule has 2 heterocycles. The third-order valence-corrected chi connectivity index (χ3v) is 8.01. The van der Waals surface area contributed by atoms with E-state index >= 15 is 4.39 Å². The number of piperazine rings is 1. The summed E-state index contributed by atoms with van der Waals surface area (Å²) in [4.78, 5) is 25.8. The first-order chi connectivity index (χ1) is 16.5. The Labute approximate surface area is 199 Å². The Morgan fingerprint density at radius 2 is 1.76 bits per heavy atom. The van der Waals surface area contributed by atoms with E-state index in [2.05, 4.69) is 9.97 Å². The maximum absolute atomic E-state index is 15.1. The molecule has 3 atom stereocenters. The van der Waals surface area contributed by atoms with Crippen LogP contribution in [0.3, 0.4) is 0 Å². The van der Waals surface area contributed by atoms with E-state index in [0.29, 0.717) is 49.9 Å². The summed E-state index contributed by atoms with van der Waals surface area (Å²) in [6.45, 7) is 2.38. The second-order valence-electron chi connectivity index (χ2n) is 9.95. The molecule has 2 aliphatic carbocycles. The number of amides is 1. The average molecular weight is 472 g/mol. The third-order valence-electron chi connectivity index (χ3n) is 8.01. The Balaban J connectivity index is 1.25. The number of hydrogen-bond donors (Lipinski definition) is 1. The molecule has 1 unspecified atom stereocenters. The molecule has 0 radical (unpaired) electrons. The molecule has 2 saturated carbocycles. The number of benzene rings is 1. The first-order valence-corrected chi connectivity index (χ1v) is 12.4. The maximum atomic E-state index is 15.1. The van der Waals surface area contributed by atoms with E-state index in [9.17, 15) is 4.79 Å². The Kier molecular flexibility index (Phi) is 6.36. The van der Waals surface area contributed by atoms with Crippen molar-refractivity contribution in [3.63, 3.8) is 0 Å². The molecule has 5 rings (SSSR count). The molecule has 1 aromatic carbocycles. The van der Waals surface area contributed by atoms with Gasteiger partial charge in [-0.3, -0.25) is 4.79 Å². The van der Waals surface area contributed by atoms with Crippen molar-refractivity contribution in [1.82, 2.24) is 14.9 Å². The molecule has 2 N–H and O–H groups in total. The fourth-order valence-corrected chi connectivity index (χ4v) is 6.24. The summed E-state index contributed by atoms with van der Waals surface area (Å²) in [5.41, 5.74) is 6.26. The molecule has 0 bridgehead atoms. The van der Waals surface area contributed by atoms with Crippen molar-refractivity contribution in [3.05, 3.63) is 11.9 Å². The lowest BCUT2D eigenvalue weighted by Gasteiger charge is -2.35. The number of ether oxygens (including phenoxy) is 2. The van der Waals surface area contributed by atoms with Crippen LogP contribution in [0, 0.1) is 23.6 Å². The molecule has 1 aliphatic heterocycles. The van der Waals surface area contributed by atoms with Gasteiger partial charge in [0.25, 0.3) is 0 Å². The minimum atomic E-state index is -0.627. The van der Waals surface area contributed by atoms with E-state index in [0.717, 1.165) is 11.8 Å². The van der Waals surface area contributed by atoms with E-state index in [4.69, 9.17) is 15.2 Å². The molecule has 3 aliphatic rings. The monoisotopic (exact) mass is 471 g/mol. The third kappa shape index (κ3) is 4.20. The van der Waals surface area contributed by atoms with Crippen LogP contribution in [0.5, 0.6) is 11.5 Å². The van der Waals surface area contributed by atoms with Gasteiger partial charge in [-0.2, -0.15) is 4.98 Å². The van der Waals surface area contributed by atoms with Crippen molar-refractivity contribution in [3.8, 4) is 11.5 Å². The van der Waals surface area contributed by atoms with Gasteiger partial charge in [-0.1, -0.05) is 25.7 Å². The van der Waals surface area contributed by atoms with E-state index in [1.165, 1.54) is 52.7 Å². The van der Waals surface area contributed by atoms with Crippen LogP contribution in [-0.4, -0.2) is 61.2 Å². The molecule has 3 fully saturated rings. The molecule has 1 amide bonds. The van der Waals surface area contributed by atoms with E-state index in [-0.39, 0.29) is 28.7 Å². The fourth-order valence-electron chi connectivity index (χ4n) is 6.24. The topological polar surface area (TPSA) is 93.8 Å². The highest BCUT2D eigenvalue weighted by molar-refractivity contribution is 5.92. The number of aromatic nitrogens is 2. The second-order valence-corrected chi connectivity index (χ2v) is 9.95. The lowest BCUT2D eigenvalue weighted by atomic mass is 9.82. The number of rotatable bonds is 5. The Morgan fingerprint density at radius 1 is 1.09 bits per heavy atom. The predicted molar refractivity (Wildman–Crippen MR) is 129 cm³/mol. The van der Waals surface area contributed by atoms with E-state index < -0.39 is 5.82 Å². The molecule has 0 spiro atoms. The molecule has 184 valence electrons. The minimum absolute atomic E-state index is 0.0128. The zero-order chi connectivity index (χ0) is 23.8. The van der Waals surface area contributed by atoms with Crippen LogP contribution in [0.2, 0.25) is 0 Å². The highest BCUT2D eigenvalue weighted by Gasteiger charge is 2.37. The van der Waals surface area contributed by atoms with Gasteiger partial charge in [0.2, 0.25) is 11.9 Å². The number of halogens is 1. The number of nitrogens with two attached hydrogens (primary N) is 1. The van der Waals surface area contributed by atoms with E-state index in [1.54, 1.807) is 6.07 Å². The van der Waals surface area contributed by atoms with Gasteiger partial charge < -0.3 is 25.0 Å². The SMILES string of the molecule is COc1cc2c(N)nc(N3CCN(C(=O)CC4C[C@H]5CCCC[C@H]5C4)CC3)nc2c(F)c1OC. The number of carbonyl (C=O) groups excluding carboxylic acids is 1. The van der Waals surface area contributed by atoms with E-state index in [1.807, 2.05) is 9.80 Å². The normalized spacial score (nSPS) is 24.9. The summed E-state index contributed by atoms with van der Waals surface area (Å²) in [6, 6.07) is 1.59. The molecule has 2 aromatic rings. The lowest BCUT2D eigenvalue weighted by Crippen LogP contribution is -2.49. The van der Waals surface area contributed by atoms with Gasteiger partial charge in [0.05, 0.1) is 14.2 Å². The molecule has 1 aromatic heterocycles. The molecule has 9 heteroatoms. The van der Waals surface area contributed by atoms with Gasteiger partial charge in [-0.05, 0) is 36.7 Å². The van der Waals surface area contributed by atoms with Crippen LogP contribution >= 0.6 is 0 Å². The standard InChI is InChI=1S/C25H34FN5O3/c1-33-19-14-18-22(21(26)23(19)34-2)28-25(29-24(18)27)31-9-7-30(8-10-31)20(32)13-15-11-16-5-3-4-6-17(16)12-15/h14-17H,3-13H2,1-2H3,(H2,27,28,29)/t15?,16-,17+. The fraction of sp³-hybridized carbons (Fsp3) is 0.640. The lowest BCUT2D eigenvalue weighted by molar-refractivity contribution is -0.132. The smallest absolute Gasteiger partial charge is 0.228 e. The summed E-state index contributed by atoms with van der Waals surface area (Å²) in [5, 5.41) is 0.379. The molecule has 1 saturated heterocycles. The van der Waals surface area contributed by atoms with Gasteiger partial charge in [-0.15, -0.1) is 0 Å². The van der Waals surface area contributed by atoms with Crippen LogP contribution in [-0.2, 0) is 4.79 Å². The zero-order valence-electron chi connectivity index (χ0n) is 20.1. The summed E-state index contributed by atoms with van der Waals surface area (Å²) in [6.07, 6.45) is 8.52. The number of nitrogens with zero attached hydrogens (tertiary/aromatic N) is 4. The van der Waals surface area contributed by atoms with Crippen molar-refractivity contribution in [2.45, 2.75) is 44.9 Å². The van der Waals surface area contributed by atoms with Crippen molar-refractivity contribution < 1.29 is 18.7 Å². The first-order valence-electron chi connectivity index (χ1n) is 12.4.